The Morgan fingerprint density at radius 3 is 2.72 bits per heavy atom. The molecule has 11 nitrogen and oxygen atoms in total. The largest absolute Gasteiger partial charge is 0.445 e. The molecule has 1 atom stereocenters. The number of hydrogen-bond donors (Lipinski definition) is 3. The van der Waals surface area contributed by atoms with Crippen LogP contribution in [0.1, 0.15) is 53.8 Å². The number of benzene rings is 2. The predicted molar refractivity (Wildman–Crippen MR) is 156 cm³/mol. The van der Waals surface area contributed by atoms with Gasteiger partial charge in [-0.3, -0.25) is 9.52 Å². The number of carbonyl (C=O) groups is 2. The van der Waals surface area contributed by atoms with Gasteiger partial charge in [-0.2, -0.15) is 0 Å². The van der Waals surface area contributed by atoms with Gasteiger partial charge in [0.25, 0.3) is 5.91 Å². The highest BCUT2D eigenvalue weighted by Crippen LogP contribution is 2.28. The maximum absolute atomic E-state index is 15.0. The van der Waals surface area contributed by atoms with E-state index in [1.807, 2.05) is 35.1 Å². The van der Waals surface area contributed by atoms with Crippen LogP contribution < -0.4 is 10.0 Å². The zero-order valence-corrected chi connectivity index (χ0v) is 24.1. The van der Waals surface area contributed by atoms with Crippen LogP contribution in [-0.4, -0.2) is 59.1 Å². The van der Waals surface area contributed by atoms with Crippen LogP contribution in [0.2, 0.25) is 0 Å². The van der Waals surface area contributed by atoms with Crippen LogP contribution in [0.5, 0.6) is 0 Å². The van der Waals surface area contributed by atoms with Gasteiger partial charge in [-0.1, -0.05) is 37.3 Å². The fraction of sp³-hybridized carbons (Fsp3) is 0.310. The second kappa shape index (κ2) is 12.7. The summed E-state index contributed by atoms with van der Waals surface area (Å²) in [6, 6.07) is 12.6. The van der Waals surface area contributed by atoms with Crippen molar-refractivity contribution in [2.75, 3.05) is 28.9 Å². The third-order valence-corrected chi connectivity index (χ3v) is 8.42. The number of aromatic amines is 1. The zero-order valence-electron chi connectivity index (χ0n) is 23.3. The van der Waals surface area contributed by atoms with E-state index in [0.717, 1.165) is 30.5 Å². The van der Waals surface area contributed by atoms with Gasteiger partial charge in [0.15, 0.2) is 11.5 Å². The highest BCUT2D eigenvalue weighted by Gasteiger charge is 2.28. The van der Waals surface area contributed by atoms with Crippen LogP contribution in [0.15, 0.2) is 54.7 Å². The lowest BCUT2D eigenvalue weighted by molar-refractivity contribution is 0.0853. The standard InChI is InChI=1S/C29H30F2N6O5S/c1-2-13-43(40,41)36-22-11-10-21(30)24(25(22)31)28(38)33-20-14-23-27(32-15-20)35-26(34-23)19-9-6-12-37(16-19)29(39)42-17-18-7-4-3-5-8-18/h3-5,7-8,10-11,14-15,19,36H,2,6,9,12-13,16-17H2,1H3,(H,33,38)(H,32,34,35). The summed E-state index contributed by atoms with van der Waals surface area (Å²) < 4.78 is 61.2. The summed E-state index contributed by atoms with van der Waals surface area (Å²) in [5.74, 6) is -3.38. The third-order valence-electron chi connectivity index (χ3n) is 6.94. The van der Waals surface area contributed by atoms with Gasteiger partial charge in [0.1, 0.15) is 29.3 Å². The van der Waals surface area contributed by atoms with Crippen molar-refractivity contribution in [2.24, 2.45) is 0 Å². The molecule has 2 aromatic carbocycles. The van der Waals surface area contributed by atoms with Crippen molar-refractivity contribution in [3.8, 4) is 0 Å². The molecule has 0 spiro atoms. The molecule has 1 aliphatic heterocycles. The minimum Gasteiger partial charge on any atom is -0.445 e. The zero-order chi connectivity index (χ0) is 30.6. The number of fused-ring (bicyclic) bond motifs is 1. The number of likely N-dealkylation sites (tertiary alicyclic amines) is 1. The number of nitrogens with zero attached hydrogens (tertiary/aromatic N) is 3. The highest BCUT2D eigenvalue weighted by molar-refractivity contribution is 7.92. The molecule has 1 aliphatic rings. The lowest BCUT2D eigenvalue weighted by atomic mass is 9.98. The molecule has 1 fully saturated rings. The molecule has 4 aromatic rings. The maximum Gasteiger partial charge on any atom is 0.410 e. The topological polar surface area (TPSA) is 146 Å². The first-order valence-corrected chi connectivity index (χ1v) is 15.4. The number of anilines is 2. The highest BCUT2D eigenvalue weighted by atomic mass is 32.2. The Balaban J connectivity index is 1.27. The second-order valence-electron chi connectivity index (χ2n) is 10.2. The van der Waals surface area contributed by atoms with E-state index in [0.29, 0.717) is 30.1 Å². The number of sulfonamides is 1. The minimum absolute atomic E-state index is 0.104. The summed E-state index contributed by atoms with van der Waals surface area (Å²) in [7, 11) is -3.87. The molecule has 5 rings (SSSR count). The number of amides is 2. The van der Waals surface area contributed by atoms with Crippen molar-refractivity contribution >= 4 is 44.6 Å². The maximum atomic E-state index is 15.0. The van der Waals surface area contributed by atoms with Crippen LogP contribution in [-0.2, 0) is 21.4 Å². The molecular formula is C29H30F2N6O5S. The van der Waals surface area contributed by atoms with Crippen LogP contribution in [0.4, 0.5) is 25.0 Å². The van der Waals surface area contributed by atoms with E-state index in [4.69, 9.17) is 4.74 Å². The smallest absolute Gasteiger partial charge is 0.410 e. The van der Waals surface area contributed by atoms with E-state index in [1.165, 1.54) is 12.3 Å². The number of pyridine rings is 1. The molecule has 3 N–H and O–H groups in total. The summed E-state index contributed by atoms with van der Waals surface area (Å²) >= 11 is 0. The normalized spacial score (nSPS) is 15.3. The van der Waals surface area contributed by atoms with E-state index in [9.17, 15) is 22.4 Å². The average molecular weight is 613 g/mol. The summed E-state index contributed by atoms with van der Waals surface area (Å²) in [4.78, 5) is 39.2. The number of hydrogen-bond acceptors (Lipinski definition) is 7. The van der Waals surface area contributed by atoms with Gasteiger partial charge in [-0.15, -0.1) is 0 Å². The quantitative estimate of drug-likeness (QED) is 0.237. The molecule has 14 heteroatoms. The van der Waals surface area contributed by atoms with Gasteiger partial charge in [0, 0.05) is 19.0 Å². The Kier molecular flexibility index (Phi) is 8.85. The van der Waals surface area contributed by atoms with Crippen molar-refractivity contribution in [3.63, 3.8) is 0 Å². The van der Waals surface area contributed by atoms with Gasteiger partial charge in [-0.05, 0) is 43.0 Å². The van der Waals surface area contributed by atoms with E-state index < -0.39 is 44.9 Å². The predicted octanol–water partition coefficient (Wildman–Crippen LogP) is 5.16. The van der Waals surface area contributed by atoms with E-state index in [1.54, 1.807) is 11.8 Å². The van der Waals surface area contributed by atoms with E-state index in [2.05, 4.69) is 20.3 Å². The summed E-state index contributed by atoms with van der Waals surface area (Å²) in [5.41, 5.74) is 0.378. The van der Waals surface area contributed by atoms with Crippen LogP contribution in [0.25, 0.3) is 11.2 Å². The van der Waals surface area contributed by atoms with Gasteiger partial charge >= 0.3 is 6.09 Å². The molecule has 0 aliphatic carbocycles. The molecule has 2 aromatic heterocycles. The number of nitrogens with one attached hydrogen (secondary N) is 3. The first kappa shape index (κ1) is 29.9. The number of ether oxygens (including phenoxy) is 1. The molecule has 1 unspecified atom stereocenters. The van der Waals surface area contributed by atoms with Crippen molar-refractivity contribution in [1.82, 2.24) is 19.9 Å². The number of piperidine rings is 1. The van der Waals surface area contributed by atoms with Crippen molar-refractivity contribution < 1.29 is 31.5 Å². The molecule has 226 valence electrons. The molecule has 1 saturated heterocycles. The molecule has 2 amide bonds. The van der Waals surface area contributed by atoms with E-state index >= 15 is 4.39 Å². The van der Waals surface area contributed by atoms with Crippen molar-refractivity contribution in [3.05, 3.63) is 83.3 Å². The van der Waals surface area contributed by atoms with Gasteiger partial charge in [0.05, 0.1) is 23.3 Å². The molecule has 0 bridgehead atoms. The molecule has 3 heterocycles. The fourth-order valence-electron chi connectivity index (χ4n) is 4.87. The summed E-state index contributed by atoms with van der Waals surface area (Å²) in [6.45, 7) is 2.78. The second-order valence-corrected chi connectivity index (χ2v) is 12.0. The van der Waals surface area contributed by atoms with Gasteiger partial charge in [0.2, 0.25) is 10.0 Å². The summed E-state index contributed by atoms with van der Waals surface area (Å²) in [6.07, 6.45) is 2.72. The first-order valence-electron chi connectivity index (χ1n) is 13.7. The Hall–Kier alpha value is -4.59. The Bertz CT molecular complexity index is 1750. The molecular weight excluding hydrogens is 582 g/mol. The van der Waals surface area contributed by atoms with E-state index in [-0.39, 0.29) is 30.4 Å². The molecule has 43 heavy (non-hydrogen) atoms. The third kappa shape index (κ3) is 7.08. The average Bonchev–Trinajstić information content (AvgIpc) is 3.42. The number of imidazole rings is 1. The SMILES string of the molecule is CCCS(=O)(=O)Nc1ccc(F)c(C(=O)Nc2cnc3[nH]c(C4CCCN(C(=O)OCc5ccccc5)C4)nc3c2)c1F. The van der Waals surface area contributed by atoms with Gasteiger partial charge in [-0.25, -0.2) is 32.0 Å². The lowest BCUT2D eigenvalue weighted by Gasteiger charge is -2.31. The number of carbonyl (C=O) groups excluding carboxylic acids is 2. The minimum atomic E-state index is -3.87. The molecule has 0 saturated carbocycles. The number of aromatic nitrogens is 3. The van der Waals surface area contributed by atoms with Crippen molar-refractivity contribution in [2.45, 2.75) is 38.7 Å². The van der Waals surface area contributed by atoms with Crippen LogP contribution in [0.3, 0.4) is 0 Å². The Morgan fingerprint density at radius 2 is 1.95 bits per heavy atom. The number of rotatable bonds is 9. The fourth-order valence-corrected chi connectivity index (χ4v) is 6.00. The van der Waals surface area contributed by atoms with Crippen molar-refractivity contribution in [1.29, 1.82) is 0 Å². The first-order chi connectivity index (χ1) is 20.6. The van der Waals surface area contributed by atoms with Gasteiger partial charge < -0.3 is 19.9 Å². The monoisotopic (exact) mass is 612 g/mol. The summed E-state index contributed by atoms with van der Waals surface area (Å²) in [5, 5.41) is 2.40. The lowest BCUT2D eigenvalue weighted by Crippen LogP contribution is -2.39. The van der Waals surface area contributed by atoms with Crippen LogP contribution in [0, 0.1) is 11.6 Å². The number of halogens is 2. The number of H-pyrrole nitrogens is 1. The Morgan fingerprint density at radius 1 is 1.16 bits per heavy atom. The Labute approximate surface area is 246 Å². The van der Waals surface area contributed by atoms with Crippen LogP contribution >= 0.6 is 0 Å². The molecule has 0 radical (unpaired) electrons.